The third-order valence-corrected chi connectivity index (χ3v) is 19.5. The van der Waals surface area contributed by atoms with Crippen molar-refractivity contribution in [3.05, 3.63) is 41.4 Å². The molecule has 0 fully saturated rings. The van der Waals surface area contributed by atoms with Crippen LogP contribution in [-0.4, -0.2) is 19.4 Å². The fourth-order valence-electron chi connectivity index (χ4n) is 3.29. The molecular weight excluding hydrogens is 534 g/mol. The Balaban J connectivity index is 0.00000264. The van der Waals surface area contributed by atoms with Gasteiger partial charge in [-0.2, -0.15) is 0 Å². The van der Waals surface area contributed by atoms with E-state index in [0.717, 1.165) is 0 Å². The Hall–Kier alpha value is 0.714. The Morgan fingerprint density at radius 3 is 1.29 bits per heavy atom. The Kier molecular flexibility index (Phi) is 9.35. The van der Waals surface area contributed by atoms with Crippen LogP contribution in [0.15, 0.2) is 41.4 Å². The minimum atomic E-state index is -1.92. The number of allylic oxidation sites excluding steroid dienone is 8. The van der Waals surface area contributed by atoms with Gasteiger partial charge in [0, 0.05) is 0 Å². The zero-order valence-corrected chi connectivity index (χ0v) is 23.8. The Morgan fingerprint density at radius 1 is 0.750 bits per heavy atom. The van der Waals surface area contributed by atoms with Gasteiger partial charge in [-0.25, -0.2) is 0 Å². The fraction of sp³-hybridized carbons (Fsp3) is 0.526. The second-order valence-corrected chi connectivity index (χ2v) is 30.0. The molecule has 0 aromatic heterocycles. The SMILES string of the molecule is C[C](C)=[Hf]([C]1=CC([Si](C)(C)C)=CC1)[C]1=CC([Si](C)(C)C)=CC1.Cl.Cl. The maximum Gasteiger partial charge on any atom is -0.147 e. The molecule has 0 N–H and O–H groups in total. The van der Waals surface area contributed by atoms with Crippen LogP contribution < -0.4 is 0 Å². The average Bonchev–Trinajstić information content (AvgIpc) is 2.95. The van der Waals surface area contributed by atoms with Gasteiger partial charge in [-0.15, -0.1) is 24.8 Å². The number of hydrogen-bond donors (Lipinski definition) is 0. The van der Waals surface area contributed by atoms with E-state index in [1.807, 2.05) is 6.66 Å². The van der Waals surface area contributed by atoms with Crippen LogP contribution in [0.2, 0.25) is 39.3 Å². The standard InChI is InChI=1S/2C8H13Si.C3H6.2ClH.Hf/c2*1-9(2,3)8-6-4-5-7-8;1-3-2;;;/h2*6-7H,4H2,1-3H3;1-2H3;2*1H;. The molecule has 2 aliphatic carbocycles. The molecule has 5 heteroatoms. The van der Waals surface area contributed by atoms with E-state index in [1.165, 1.54) is 12.8 Å². The van der Waals surface area contributed by atoms with Gasteiger partial charge in [0.2, 0.25) is 0 Å². The first-order valence-corrected chi connectivity index (χ1v) is 20.9. The van der Waals surface area contributed by atoms with Crippen molar-refractivity contribution >= 4 is 44.2 Å². The zero-order chi connectivity index (χ0) is 16.7. The molecular formula is C19H34Cl2HfSi2. The molecule has 0 aromatic rings. The molecule has 0 amide bonds. The predicted molar refractivity (Wildman–Crippen MR) is 119 cm³/mol. The molecule has 24 heavy (non-hydrogen) atoms. The van der Waals surface area contributed by atoms with Gasteiger partial charge in [-0.05, 0) is 0 Å². The van der Waals surface area contributed by atoms with Gasteiger partial charge in [0.05, 0.1) is 0 Å². The van der Waals surface area contributed by atoms with Gasteiger partial charge in [0.25, 0.3) is 0 Å². The van der Waals surface area contributed by atoms with E-state index >= 15 is 0 Å². The van der Waals surface area contributed by atoms with E-state index < -0.39 is 37.1 Å². The number of rotatable bonds is 4. The van der Waals surface area contributed by atoms with Crippen molar-refractivity contribution in [3.63, 3.8) is 0 Å². The number of hydrogen-bond acceptors (Lipinski definition) is 0. The molecule has 2 rings (SSSR count). The van der Waals surface area contributed by atoms with E-state index in [9.17, 15) is 0 Å². The quantitative estimate of drug-likeness (QED) is 0.326. The van der Waals surface area contributed by atoms with Crippen LogP contribution in [0.4, 0.5) is 0 Å². The van der Waals surface area contributed by atoms with Crippen LogP contribution in [0, 0.1) is 0 Å². The minimum absolute atomic E-state index is 0. The normalized spacial score (nSPS) is 17.2. The predicted octanol–water partition coefficient (Wildman–Crippen LogP) is 6.84. The maximum absolute atomic E-state index is 2.63. The molecule has 0 radical (unpaired) electrons. The summed E-state index contributed by atoms with van der Waals surface area (Å²) in [6, 6.07) is 0. The van der Waals surface area contributed by atoms with Gasteiger partial charge in [-0.1, -0.05) is 0 Å². The van der Waals surface area contributed by atoms with E-state index in [1.54, 1.807) is 13.6 Å². The Bertz CT molecular complexity index is 585. The first kappa shape index (κ1) is 24.7. The summed E-state index contributed by atoms with van der Waals surface area (Å²) in [6.45, 7) is 19.7. The molecule has 0 aromatic carbocycles. The molecule has 136 valence electrons. The molecule has 0 saturated heterocycles. The van der Waals surface area contributed by atoms with E-state index in [0.29, 0.717) is 0 Å². The van der Waals surface area contributed by atoms with E-state index in [-0.39, 0.29) is 24.8 Å². The molecule has 0 unspecified atom stereocenters. The zero-order valence-electron chi connectivity index (χ0n) is 16.5. The van der Waals surface area contributed by atoms with E-state index in [2.05, 4.69) is 77.4 Å². The topological polar surface area (TPSA) is 0 Å². The summed E-state index contributed by atoms with van der Waals surface area (Å²) in [6.07, 6.45) is 12.9. The van der Waals surface area contributed by atoms with Crippen molar-refractivity contribution < 1.29 is 21.0 Å². The fourth-order valence-corrected chi connectivity index (χ4v) is 17.4. The third-order valence-electron chi connectivity index (χ3n) is 4.62. The van der Waals surface area contributed by atoms with Crippen molar-refractivity contribution in [2.24, 2.45) is 0 Å². The Morgan fingerprint density at radius 2 is 1.08 bits per heavy atom. The van der Waals surface area contributed by atoms with Gasteiger partial charge >= 0.3 is 148 Å². The molecule has 0 atom stereocenters. The summed E-state index contributed by atoms with van der Waals surface area (Å²) in [5.74, 6) is 0. The monoisotopic (exact) mass is 568 g/mol. The summed E-state index contributed by atoms with van der Waals surface area (Å²) in [7, 11) is -2.29. The molecule has 0 bridgehead atoms. The molecule has 0 spiro atoms. The van der Waals surface area contributed by atoms with Crippen molar-refractivity contribution in [3.8, 4) is 0 Å². The van der Waals surface area contributed by atoms with Crippen LogP contribution in [0.5, 0.6) is 0 Å². The number of halogens is 2. The maximum atomic E-state index is 2.63. The average molecular weight is 568 g/mol. The largest absolute Gasteiger partial charge is 0.147 e. The van der Waals surface area contributed by atoms with Crippen molar-refractivity contribution in [1.29, 1.82) is 0 Å². The first-order valence-electron chi connectivity index (χ1n) is 8.51. The molecule has 0 aliphatic heterocycles. The van der Waals surface area contributed by atoms with Gasteiger partial charge < -0.3 is 0 Å². The molecule has 0 saturated carbocycles. The van der Waals surface area contributed by atoms with Crippen LogP contribution in [0.25, 0.3) is 0 Å². The smallest absolute Gasteiger partial charge is 0.147 e. The first-order chi connectivity index (χ1) is 10.00. The minimum Gasteiger partial charge on any atom is -0.147 e. The van der Waals surface area contributed by atoms with Crippen molar-refractivity contribution in [2.75, 3.05) is 0 Å². The van der Waals surface area contributed by atoms with Gasteiger partial charge in [0.1, 0.15) is 0 Å². The van der Waals surface area contributed by atoms with Crippen LogP contribution in [-0.2, 0) is 21.0 Å². The summed E-state index contributed by atoms with van der Waals surface area (Å²) in [5.41, 5.74) is 0. The molecule has 0 heterocycles. The second-order valence-electron chi connectivity index (χ2n) is 8.94. The van der Waals surface area contributed by atoms with Crippen LogP contribution >= 0.6 is 24.8 Å². The summed E-state index contributed by atoms with van der Waals surface area (Å²) >= 11 is -1.92. The second kappa shape index (κ2) is 9.08. The summed E-state index contributed by atoms with van der Waals surface area (Å²) < 4.78 is 5.45. The van der Waals surface area contributed by atoms with Crippen LogP contribution in [0.1, 0.15) is 26.7 Å². The summed E-state index contributed by atoms with van der Waals surface area (Å²) in [5, 5.41) is 3.39. The molecule has 0 nitrogen and oxygen atoms in total. The third kappa shape index (κ3) is 5.87. The van der Waals surface area contributed by atoms with Crippen molar-refractivity contribution in [1.82, 2.24) is 0 Å². The van der Waals surface area contributed by atoms with Crippen molar-refractivity contribution in [2.45, 2.75) is 66.0 Å². The van der Waals surface area contributed by atoms with E-state index in [4.69, 9.17) is 0 Å². The van der Waals surface area contributed by atoms with Gasteiger partial charge in [0.15, 0.2) is 0 Å². The van der Waals surface area contributed by atoms with Crippen LogP contribution in [0.3, 0.4) is 0 Å². The molecule has 2 aliphatic rings. The Labute approximate surface area is 171 Å². The summed E-state index contributed by atoms with van der Waals surface area (Å²) in [4.78, 5) is 0. The van der Waals surface area contributed by atoms with Gasteiger partial charge in [-0.3, -0.25) is 0 Å².